The van der Waals surface area contributed by atoms with Crippen molar-refractivity contribution in [1.29, 1.82) is 0 Å². The number of rotatable bonds is 3. The van der Waals surface area contributed by atoms with E-state index in [1.54, 1.807) is 21.8 Å². The quantitative estimate of drug-likeness (QED) is 0.784. The Morgan fingerprint density at radius 2 is 2.15 bits per heavy atom. The first-order valence-electron chi connectivity index (χ1n) is 5.84. The van der Waals surface area contributed by atoms with E-state index in [0.29, 0.717) is 18.1 Å². The number of hydrogen-bond acceptors (Lipinski definition) is 5. The van der Waals surface area contributed by atoms with Crippen LogP contribution in [0.2, 0.25) is 0 Å². The van der Waals surface area contributed by atoms with Gasteiger partial charge in [-0.25, -0.2) is 0 Å². The van der Waals surface area contributed by atoms with Crippen molar-refractivity contribution in [2.75, 3.05) is 5.73 Å². The molecule has 0 spiro atoms. The van der Waals surface area contributed by atoms with Gasteiger partial charge in [-0.3, -0.25) is 4.68 Å². The van der Waals surface area contributed by atoms with Crippen LogP contribution in [0, 0.1) is 6.92 Å². The second-order valence-corrected chi connectivity index (χ2v) is 4.32. The first-order valence-corrected chi connectivity index (χ1v) is 5.84. The molecule has 1 aromatic carbocycles. The molecular weight excluding hydrogens is 278 g/mol. The second-order valence-electron chi connectivity index (χ2n) is 4.32. The molecule has 2 heterocycles. The van der Waals surface area contributed by atoms with Gasteiger partial charge in [-0.2, -0.15) is 9.78 Å². The summed E-state index contributed by atoms with van der Waals surface area (Å²) in [5, 5.41) is 15.9. The molecule has 0 unspecified atom stereocenters. The van der Waals surface area contributed by atoms with Gasteiger partial charge in [0.2, 0.25) is 0 Å². The maximum Gasteiger partial charge on any atom is 0.178 e. The molecule has 0 saturated heterocycles. The van der Waals surface area contributed by atoms with Crippen molar-refractivity contribution in [2.24, 2.45) is 0 Å². The molecular formula is C12H14ClN7. The van der Waals surface area contributed by atoms with Gasteiger partial charge in [0.05, 0.1) is 17.6 Å². The summed E-state index contributed by atoms with van der Waals surface area (Å²) in [6.45, 7) is 2.50. The summed E-state index contributed by atoms with van der Waals surface area (Å²) in [5.74, 6) is 0.703. The predicted molar refractivity (Wildman–Crippen MR) is 76.9 cm³/mol. The molecule has 0 saturated carbocycles. The van der Waals surface area contributed by atoms with Gasteiger partial charge in [0.15, 0.2) is 5.82 Å². The van der Waals surface area contributed by atoms with E-state index >= 15 is 0 Å². The van der Waals surface area contributed by atoms with Gasteiger partial charge >= 0.3 is 0 Å². The number of aromatic nitrogens is 6. The van der Waals surface area contributed by atoms with Crippen molar-refractivity contribution >= 4 is 18.1 Å². The van der Waals surface area contributed by atoms with E-state index in [0.717, 1.165) is 11.3 Å². The molecule has 0 aliphatic rings. The highest BCUT2D eigenvalue weighted by Gasteiger charge is 2.09. The van der Waals surface area contributed by atoms with Crippen LogP contribution in [-0.2, 0) is 6.54 Å². The summed E-state index contributed by atoms with van der Waals surface area (Å²) in [4.78, 5) is 0. The largest absolute Gasteiger partial charge is 0.396 e. The number of benzene rings is 1. The average molecular weight is 292 g/mol. The van der Waals surface area contributed by atoms with Gasteiger partial charge < -0.3 is 5.73 Å². The van der Waals surface area contributed by atoms with Crippen LogP contribution in [0.15, 0.2) is 36.7 Å². The molecule has 0 aliphatic carbocycles. The Bertz CT molecular complexity index is 703. The van der Waals surface area contributed by atoms with Crippen LogP contribution < -0.4 is 5.73 Å². The van der Waals surface area contributed by atoms with Crippen molar-refractivity contribution in [2.45, 2.75) is 13.5 Å². The van der Waals surface area contributed by atoms with E-state index in [1.165, 1.54) is 0 Å². The lowest BCUT2D eigenvalue weighted by Crippen LogP contribution is -2.09. The van der Waals surface area contributed by atoms with Gasteiger partial charge in [0.25, 0.3) is 0 Å². The first-order chi connectivity index (χ1) is 9.22. The fourth-order valence-corrected chi connectivity index (χ4v) is 1.88. The number of halogens is 1. The molecule has 7 nitrogen and oxygen atoms in total. The maximum absolute atomic E-state index is 5.63. The molecule has 3 aromatic rings. The minimum atomic E-state index is 0. The minimum Gasteiger partial charge on any atom is -0.396 e. The summed E-state index contributed by atoms with van der Waals surface area (Å²) in [6, 6.07) is 7.99. The van der Waals surface area contributed by atoms with E-state index in [-0.39, 0.29) is 12.4 Å². The third kappa shape index (κ3) is 2.77. The first kappa shape index (κ1) is 14.0. The molecule has 0 amide bonds. The van der Waals surface area contributed by atoms with Crippen LogP contribution in [0.4, 0.5) is 5.69 Å². The number of nitrogen functional groups attached to an aromatic ring is 1. The van der Waals surface area contributed by atoms with E-state index in [9.17, 15) is 0 Å². The maximum atomic E-state index is 5.63. The van der Waals surface area contributed by atoms with Crippen LogP contribution >= 0.6 is 12.4 Å². The highest BCUT2D eigenvalue weighted by molar-refractivity contribution is 5.85. The normalized spacial score (nSPS) is 10.2. The zero-order chi connectivity index (χ0) is 13.2. The molecule has 0 aliphatic heterocycles. The molecule has 2 aromatic heterocycles. The van der Waals surface area contributed by atoms with Crippen molar-refractivity contribution < 1.29 is 0 Å². The standard InChI is InChI=1S/C12H13N7.ClH/c1-9-3-2-4-11(5-9)19-12(15-16-17-19)8-18-7-10(13)6-14-18;/h2-7H,8,13H2,1H3;1H. The van der Waals surface area contributed by atoms with Crippen LogP contribution in [-0.4, -0.2) is 30.0 Å². The van der Waals surface area contributed by atoms with Crippen LogP contribution in [0.3, 0.4) is 0 Å². The molecule has 0 atom stereocenters. The van der Waals surface area contributed by atoms with Crippen molar-refractivity contribution in [1.82, 2.24) is 30.0 Å². The number of tetrazole rings is 1. The van der Waals surface area contributed by atoms with Gasteiger partial charge in [-0.15, -0.1) is 17.5 Å². The Kier molecular flexibility index (Phi) is 3.99. The number of nitrogens with zero attached hydrogens (tertiary/aromatic N) is 6. The minimum absolute atomic E-state index is 0. The molecule has 0 bridgehead atoms. The van der Waals surface area contributed by atoms with Crippen molar-refractivity contribution in [3.63, 3.8) is 0 Å². The molecule has 2 N–H and O–H groups in total. The van der Waals surface area contributed by atoms with Crippen molar-refractivity contribution in [3.8, 4) is 5.69 Å². The van der Waals surface area contributed by atoms with Crippen LogP contribution in [0.1, 0.15) is 11.4 Å². The lowest BCUT2D eigenvalue weighted by molar-refractivity contribution is 0.634. The Hall–Kier alpha value is -2.41. The van der Waals surface area contributed by atoms with E-state index in [4.69, 9.17) is 5.73 Å². The van der Waals surface area contributed by atoms with Gasteiger partial charge in [0, 0.05) is 6.20 Å². The molecule has 0 fully saturated rings. The van der Waals surface area contributed by atoms with Crippen molar-refractivity contribution in [3.05, 3.63) is 48.0 Å². The predicted octanol–water partition coefficient (Wildman–Crippen LogP) is 1.22. The van der Waals surface area contributed by atoms with E-state index in [1.807, 2.05) is 31.2 Å². The smallest absolute Gasteiger partial charge is 0.178 e. The lowest BCUT2D eigenvalue weighted by Gasteiger charge is -2.05. The molecule has 3 rings (SSSR count). The Morgan fingerprint density at radius 1 is 1.30 bits per heavy atom. The zero-order valence-corrected chi connectivity index (χ0v) is 11.7. The Morgan fingerprint density at radius 3 is 2.85 bits per heavy atom. The fourth-order valence-electron chi connectivity index (χ4n) is 1.88. The van der Waals surface area contributed by atoms with E-state index < -0.39 is 0 Å². The topological polar surface area (TPSA) is 87.4 Å². The van der Waals surface area contributed by atoms with Gasteiger partial charge in [-0.05, 0) is 35.0 Å². The average Bonchev–Trinajstić information content (AvgIpc) is 2.99. The highest BCUT2D eigenvalue weighted by atomic mass is 35.5. The van der Waals surface area contributed by atoms with Gasteiger partial charge in [-0.1, -0.05) is 12.1 Å². The highest BCUT2D eigenvalue weighted by Crippen LogP contribution is 2.11. The lowest BCUT2D eigenvalue weighted by atomic mass is 10.2. The number of nitrogens with two attached hydrogens (primary N) is 1. The fraction of sp³-hybridized carbons (Fsp3) is 0.167. The van der Waals surface area contributed by atoms with E-state index in [2.05, 4.69) is 20.6 Å². The SMILES string of the molecule is Cc1cccc(-n2nnnc2Cn2cc(N)cn2)c1.Cl. The molecule has 20 heavy (non-hydrogen) atoms. The summed E-state index contributed by atoms with van der Waals surface area (Å²) >= 11 is 0. The van der Waals surface area contributed by atoms with Gasteiger partial charge in [0.1, 0.15) is 6.54 Å². The number of aryl methyl sites for hydroxylation is 1. The molecule has 0 radical (unpaired) electrons. The second kappa shape index (κ2) is 5.70. The summed E-state index contributed by atoms with van der Waals surface area (Å²) < 4.78 is 3.40. The van der Waals surface area contributed by atoms with Crippen LogP contribution in [0.5, 0.6) is 0 Å². The summed E-state index contributed by atoms with van der Waals surface area (Å²) in [6.07, 6.45) is 3.34. The zero-order valence-electron chi connectivity index (χ0n) is 10.8. The third-order valence-corrected chi connectivity index (χ3v) is 2.74. The molecule has 104 valence electrons. The Balaban J connectivity index is 0.00000147. The number of anilines is 1. The summed E-state index contributed by atoms with van der Waals surface area (Å²) in [7, 11) is 0. The Labute approximate surface area is 121 Å². The monoisotopic (exact) mass is 291 g/mol. The number of hydrogen-bond donors (Lipinski definition) is 1. The molecule has 8 heteroatoms. The summed E-state index contributed by atoms with van der Waals surface area (Å²) in [5.41, 5.74) is 8.34. The van der Waals surface area contributed by atoms with Crippen LogP contribution in [0.25, 0.3) is 5.69 Å². The third-order valence-electron chi connectivity index (χ3n) is 2.74.